The highest BCUT2D eigenvalue weighted by Gasteiger charge is 2.20. The summed E-state index contributed by atoms with van der Waals surface area (Å²) in [5.74, 6) is 0. The van der Waals surface area contributed by atoms with Gasteiger partial charge in [-0.15, -0.1) is 0 Å². The topological polar surface area (TPSA) is 51.8 Å². The second-order valence-corrected chi connectivity index (χ2v) is 6.91. The normalized spacial score (nSPS) is 11.1. The van der Waals surface area contributed by atoms with Crippen LogP contribution in [0.2, 0.25) is 0 Å². The molecular formula is C23H35N3. The molecule has 0 saturated carbocycles. The molecule has 0 unspecified atom stereocenters. The van der Waals surface area contributed by atoms with Crippen LogP contribution in [0.3, 0.4) is 0 Å². The average molecular weight is 354 g/mol. The monoisotopic (exact) mass is 353 g/mol. The summed E-state index contributed by atoms with van der Waals surface area (Å²) in [5, 5.41) is 0. The molecule has 0 atom stereocenters. The standard InChI is InChI=1S/C23H35N3/c1-5-9-12-17-13-11-16-25-22(17)23-20(14-10-15-24)18(6-2)19(7-3)21(8-4)26-23/h11,13,16H,5-10,12,14-15,24H2,1-4H3. The molecule has 2 N–H and O–H groups in total. The molecule has 3 nitrogen and oxygen atoms in total. The van der Waals surface area contributed by atoms with Gasteiger partial charge in [-0.3, -0.25) is 9.97 Å². The van der Waals surface area contributed by atoms with Crippen LogP contribution in [0.15, 0.2) is 18.3 Å². The second-order valence-electron chi connectivity index (χ2n) is 6.91. The van der Waals surface area contributed by atoms with E-state index in [9.17, 15) is 0 Å². The first-order chi connectivity index (χ1) is 12.7. The summed E-state index contributed by atoms with van der Waals surface area (Å²) in [7, 11) is 0. The summed E-state index contributed by atoms with van der Waals surface area (Å²) in [6, 6.07) is 4.27. The van der Waals surface area contributed by atoms with Crippen molar-refractivity contribution in [2.45, 2.75) is 79.1 Å². The summed E-state index contributed by atoms with van der Waals surface area (Å²) in [6.07, 6.45) is 10.4. The number of nitrogens with zero attached hydrogens (tertiary/aromatic N) is 2. The Kier molecular flexibility index (Phi) is 8.24. The van der Waals surface area contributed by atoms with Crippen LogP contribution in [-0.4, -0.2) is 16.5 Å². The molecule has 0 aliphatic rings. The molecular weight excluding hydrogens is 318 g/mol. The van der Waals surface area contributed by atoms with E-state index < -0.39 is 0 Å². The first-order valence-corrected chi connectivity index (χ1v) is 10.4. The lowest BCUT2D eigenvalue weighted by Crippen LogP contribution is -2.12. The van der Waals surface area contributed by atoms with Crippen LogP contribution in [0.25, 0.3) is 11.4 Å². The fraction of sp³-hybridized carbons (Fsp3) is 0.565. The van der Waals surface area contributed by atoms with Gasteiger partial charge in [0.1, 0.15) is 0 Å². The fourth-order valence-corrected chi connectivity index (χ4v) is 3.87. The van der Waals surface area contributed by atoms with E-state index in [1.807, 2.05) is 6.20 Å². The third-order valence-electron chi connectivity index (χ3n) is 5.20. The molecule has 142 valence electrons. The first-order valence-electron chi connectivity index (χ1n) is 10.4. The predicted molar refractivity (Wildman–Crippen MR) is 112 cm³/mol. The number of rotatable bonds is 10. The number of hydrogen-bond acceptors (Lipinski definition) is 3. The molecule has 2 aromatic rings. The lowest BCUT2D eigenvalue weighted by molar-refractivity contribution is 0.788. The predicted octanol–water partition coefficient (Wildman–Crippen LogP) is 5.06. The molecule has 0 amide bonds. The summed E-state index contributed by atoms with van der Waals surface area (Å²) >= 11 is 0. The van der Waals surface area contributed by atoms with Crippen molar-refractivity contribution in [1.29, 1.82) is 0 Å². The highest BCUT2D eigenvalue weighted by atomic mass is 14.8. The second kappa shape index (κ2) is 10.4. The summed E-state index contributed by atoms with van der Waals surface area (Å²) in [5.41, 5.74) is 14.9. The molecule has 0 spiro atoms. The van der Waals surface area contributed by atoms with Crippen LogP contribution in [0, 0.1) is 0 Å². The van der Waals surface area contributed by atoms with Gasteiger partial charge >= 0.3 is 0 Å². The maximum absolute atomic E-state index is 5.84. The van der Waals surface area contributed by atoms with Crippen LogP contribution in [0.5, 0.6) is 0 Å². The van der Waals surface area contributed by atoms with Crippen molar-refractivity contribution in [2.75, 3.05) is 6.54 Å². The van der Waals surface area contributed by atoms with Gasteiger partial charge in [-0.05, 0) is 79.8 Å². The highest BCUT2D eigenvalue weighted by molar-refractivity contribution is 5.66. The first kappa shape index (κ1) is 20.6. The third-order valence-corrected chi connectivity index (χ3v) is 5.20. The van der Waals surface area contributed by atoms with E-state index in [1.165, 1.54) is 40.8 Å². The Bertz CT molecular complexity index is 707. The molecule has 0 aromatic carbocycles. The quantitative estimate of drug-likeness (QED) is 0.649. The van der Waals surface area contributed by atoms with Gasteiger partial charge in [0.15, 0.2) is 0 Å². The molecule has 2 aromatic heterocycles. The van der Waals surface area contributed by atoms with Crippen molar-refractivity contribution in [2.24, 2.45) is 5.73 Å². The number of pyridine rings is 2. The Morgan fingerprint density at radius 1 is 0.846 bits per heavy atom. The van der Waals surface area contributed by atoms with E-state index in [2.05, 4.69) is 39.8 Å². The van der Waals surface area contributed by atoms with E-state index in [-0.39, 0.29) is 0 Å². The zero-order valence-electron chi connectivity index (χ0n) is 17.1. The van der Waals surface area contributed by atoms with Crippen molar-refractivity contribution < 1.29 is 0 Å². The lowest BCUT2D eigenvalue weighted by atomic mass is 9.89. The van der Waals surface area contributed by atoms with Gasteiger partial charge in [0, 0.05) is 11.9 Å². The Labute approximate surface area is 159 Å². The smallest absolute Gasteiger partial charge is 0.0927 e. The van der Waals surface area contributed by atoms with Gasteiger partial charge in [-0.1, -0.05) is 40.2 Å². The minimum atomic E-state index is 0.713. The minimum absolute atomic E-state index is 0.713. The molecule has 3 heteroatoms. The van der Waals surface area contributed by atoms with E-state index in [0.29, 0.717) is 6.54 Å². The largest absolute Gasteiger partial charge is 0.330 e. The van der Waals surface area contributed by atoms with Gasteiger partial charge in [0.25, 0.3) is 0 Å². The zero-order chi connectivity index (χ0) is 18.9. The maximum Gasteiger partial charge on any atom is 0.0927 e. The Morgan fingerprint density at radius 2 is 1.62 bits per heavy atom. The van der Waals surface area contributed by atoms with Crippen molar-refractivity contribution in [3.05, 3.63) is 46.3 Å². The summed E-state index contributed by atoms with van der Waals surface area (Å²) < 4.78 is 0. The van der Waals surface area contributed by atoms with E-state index in [4.69, 9.17) is 15.7 Å². The number of unbranched alkanes of at least 4 members (excludes halogenated alkanes) is 1. The Hall–Kier alpha value is -1.74. The number of aromatic nitrogens is 2. The van der Waals surface area contributed by atoms with Crippen LogP contribution in [0.4, 0.5) is 0 Å². The van der Waals surface area contributed by atoms with Gasteiger partial charge in [0.05, 0.1) is 11.4 Å². The van der Waals surface area contributed by atoms with Crippen molar-refractivity contribution >= 4 is 0 Å². The van der Waals surface area contributed by atoms with Gasteiger partial charge in [-0.25, -0.2) is 0 Å². The maximum atomic E-state index is 5.84. The van der Waals surface area contributed by atoms with Gasteiger partial charge < -0.3 is 5.73 Å². The number of hydrogen-bond donors (Lipinski definition) is 1. The zero-order valence-corrected chi connectivity index (χ0v) is 17.1. The molecule has 0 saturated heterocycles. The SMILES string of the molecule is CCCCc1cccnc1-c1nc(CC)c(CC)c(CC)c1CCCN. The van der Waals surface area contributed by atoms with E-state index in [0.717, 1.165) is 49.9 Å². The van der Waals surface area contributed by atoms with Crippen molar-refractivity contribution in [3.63, 3.8) is 0 Å². The summed E-state index contributed by atoms with van der Waals surface area (Å²) in [4.78, 5) is 9.94. The third kappa shape index (κ3) is 4.50. The molecule has 2 heterocycles. The number of nitrogens with two attached hydrogens (primary N) is 1. The van der Waals surface area contributed by atoms with Crippen LogP contribution < -0.4 is 5.73 Å². The molecule has 2 rings (SSSR count). The van der Waals surface area contributed by atoms with Crippen molar-refractivity contribution in [1.82, 2.24) is 9.97 Å². The Morgan fingerprint density at radius 3 is 2.23 bits per heavy atom. The molecule has 0 bridgehead atoms. The van der Waals surface area contributed by atoms with Gasteiger partial charge in [-0.2, -0.15) is 0 Å². The van der Waals surface area contributed by atoms with Crippen LogP contribution in [0.1, 0.15) is 74.9 Å². The molecule has 0 aliphatic heterocycles. The molecule has 0 radical (unpaired) electrons. The summed E-state index contributed by atoms with van der Waals surface area (Å²) in [6.45, 7) is 9.67. The minimum Gasteiger partial charge on any atom is -0.330 e. The Balaban J connectivity index is 2.70. The van der Waals surface area contributed by atoms with Crippen LogP contribution >= 0.6 is 0 Å². The van der Waals surface area contributed by atoms with E-state index >= 15 is 0 Å². The molecule has 26 heavy (non-hydrogen) atoms. The lowest BCUT2D eigenvalue weighted by Gasteiger charge is -2.21. The highest BCUT2D eigenvalue weighted by Crippen LogP contribution is 2.32. The van der Waals surface area contributed by atoms with E-state index in [1.54, 1.807) is 0 Å². The number of aryl methyl sites for hydroxylation is 2. The average Bonchev–Trinajstić information content (AvgIpc) is 2.69. The molecule has 0 fully saturated rings. The van der Waals surface area contributed by atoms with Crippen LogP contribution in [-0.2, 0) is 32.1 Å². The van der Waals surface area contributed by atoms with Gasteiger partial charge in [0.2, 0.25) is 0 Å². The molecule has 0 aliphatic carbocycles. The van der Waals surface area contributed by atoms with Crippen molar-refractivity contribution in [3.8, 4) is 11.4 Å². The fourth-order valence-electron chi connectivity index (χ4n) is 3.87.